The van der Waals surface area contributed by atoms with Crippen molar-refractivity contribution < 1.29 is 9.59 Å². The maximum absolute atomic E-state index is 12.1. The van der Waals surface area contributed by atoms with Crippen molar-refractivity contribution in [3.8, 4) is 0 Å². The Morgan fingerprint density at radius 3 is 2.46 bits per heavy atom. The lowest BCUT2D eigenvalue weighted by atomic mass is 9.94. The van der Waals surface area contributed by atoms with Crippen LogP contribution in [0.4, 0.5) is 11.4 Å². The second-order valence-electron chi connectivity index (χ2n) is 5.86. The van der Waals surface area contributed by atoms with Gasteiger partial charge in [0.1, 0.15) is 0 Å². The maximum atomic E-state index is 12.1. The Labute approximate surface area is 146 Å². The number of carbonyl (C=O) groups excluding carboxylic acids is 2. The standard InChI is InChI=1S/C18H20ClN3O2/c1-10-8-16(24)18(20-12(3)23)11(2)17(10)21-13-6-7-15(22(4)5)14(19)9-13/h6-9H,1-5H3,(H,20,23). The molecule has 0 bridgehead atoms. The molecule has 6 heteroatoms. The van der Waals surface area contributed by atoms with Crippen LogP contribution in [0.3, 0.4) is 0 Å². The fraction of sp³-hybridized carbons (Fsp3) is 0.278. The van der Waals surface area contributed by atoms with E-state index in [4.69, 9.17) is 11.6 Å². The highest BCUT2D eigenvalue weighted by atomic mass is 35.5. The average Bonchev–Trinajstić information content (AvgIpc) is 2.47. The van der Waals surface area contributed by atoms with E-state index >= 15 is 0 Å². The van der Waals surface area contributed by atoms with Crippen molar-refractivity contribution in [1.82, 2.24) is 5.32 Å². The second-order valence-corrected chi connectivity index (χ2v) is 6.27. The van der Waals surface area contributed by atoms with Gasteiger partial charge < -0.3 is 10.2 Å². The first-order valence-corrected chi connectivity index (χ1v) is 7.86. The predicted octanol–water partition coefficient (Wildman–Crippen LogP) is 3.42. The van der Waals surface area contributed by atoms with Gasteiger partial charge in [-0.2, -0.15) is 0 Å². The summed E-state index contributed by atoms with van der Waals surface area (Å²) in [4.78, 5) is 29.9. The lowest BCUT2D eigenvalue weighted by Crippen LogP contribution is -2.30. The van der Waals surface area contributed by atoms with Crippen molar-refractivity contribution in [3.05, 3.63) is 46.1 Å². The highest BCUT2D eigenvalue weighted by Crippen LogP contribution is 2.30. The normalized spacial score (nSPS) is 16.3. The lowest BCUT2D eigenvalue weighted by molar-refractivity contribution is -0.120. The number of hydrogen-bond donors (Lipinski definition) is 1. The summed E-state index contributed by atoms with van der Waals surface area (Å²) in [5, 5.41) is 3.18. The largest absolute Gasteiger partial charge is 0.376 e. The van der Waals surface area contributed by atoms with Gasteiger partial charge in [0.2, 0.25) is 11.7 Å². The van der Waals surface area contributed by atoms with Gasteiger partial charge in [-0.15, -0.1) is 0 Å². The van der Waals surface area contributed by atoms with E-state index in [1.807, 2.05) is 38.1 Å². The van der Waals surface area contributed by atoms with E-state index in [0.717, 1.165) is 11.3 Å². The molecular formula is C18H20ClN3O2. The first-order valence-electron chi connectivity index (χ1n) is 7.48. The highest BCUT2D eigenvalue weighted by Gasteiger charge is 2.22. The number of ketones is 1. The minimum Gasteiger partial charge on any atom is -0.376 e. The highest BCUT2D eigenvalue weighted by molar-refractivity contribution is 6.33. The quantitative estimate of drug-likeness (QED) is 0.854. The summed E-state index contributed by atoms with van der Waals surface area (Å²) in [5.41, 5.74) is 3.90. The number of rotatable bonds is 3. The van der Waals surface area contributed by atoms with Gasteiger partial charge in [-0.25, -0.2) is 4.99 Å². The molecule has 0 spiro atoms. The van der Waals surface area contributed by atoms with Crippen LogP contribution in [0.2, 0.25) is 5.02 Å². The van der Waals surface area contributed by atoms with Crippen LogP contribution in [0, 0.1) is 0 Å². The SMILES string of the molecule is CC(=O)NC1=C(C)C(=Nc2ccc(N(C)C)c(Cl)c2)C(C)=CC1=O. The fourth-order valence-corrected chi connectivity index (χ4v) is 2.84. The molecule has 1 aromatic carbocycles. The van der Waals surface area contributed by atoms with Crippen LogP contribution in [-0.4, -0.2) is 31.5 Å². The van der Waals surface area contributed by atoms with Gasteiger partial charge in [0, 0.05) is 26.6 Å². The van der Waals surface area contributed by atoms with Gasteiger partial charge in [-0.05, 0) is 43.7 Å². The van der Waals surface area contributed by atoms with Crippen molar-refractivity contribution in [3.63, 3.8) is 0 Å². The minimum atomic E-state index is -0.289. The van der Waals surface area contributed by atoms with E-state index in [9.17, 15) is 9.59 Å². The monoisotopic (exact) mass is 345 g/mol. The Balaban J connectivity index is 2.49. The van der Waals surface area contributed by atoms with Gasteiger partial charge in [0.25, 0.3) is 0 Å². The van der Waals surface area contributed by atoms with Crippen molar-refractivity contribution in [2.75, 3.05) is 19.0 Å². The Morgan fingerprint density at radius 1 is 1.25 bits per heavy atom. The summed E-state index contributed by atoms with van der Waals surface area (Å²) in [6.45, 7) is 4.96. The number of aliphatic imine (C=N–C) groups is 1. The summed E-state index contributed by atoms with van der Waals surface area (Å²) in [6.07, 6.45) is 1.48. The lowest BCUT2D eigenvalue weighted by Gasteiger charge is -2.19. The molecule has 0 saturated heterocycles. The smallest absolute Gasteiger partial charge is 0.221 e. The topological polar surface area (TPSA) is 61.8 Å². The molecule has 0 radical (unpaired) electrons. The number of benzene rings is 1. The third-order valence-corrected chi connectivity index (χ3v) is 3.96. The molecule has 0 aromatic heterocycles. The molecule has 0 atom stereocenters. The van der Waals surface area contributed by atoms with Gasteiger partial charge in [-0.3, -0.25) is 9.59 Å². The molecule has 2 rings (SSSR count). The molecule has 0 aliphatic heterocycles. The Kier molecular flexibility index (Phi) is 5.24. The van der Waals surface area contributed by atoms with Crippen molar-refractivity contribution >= 4 is 40.4 Å². The van der Waals surface area contributed by atoms with Crippen LogP contribution in [0.1, 0.15) is 20.8 Å². The predicted molar refractivity (Wildman–Crippen MR) is 98.2 cm³/mol. The van der Waals surface area contributed by atoms with Crippen LogP contribution in [-0.2, 0) is 9.59 Å². The molecule has 24 heavy (non-hydrogen) atoms. The molecule has 5 nitrogen and oxygen atoms in total. The van der Waals surface area contributed by atoms with E-state index in [0.29, 0.717) is 22.0 Å². The van der Waals surface area contributed by atoms with Crippen molar-refractivity contribution in [2.45, 2.75) is 20.8 Å². The van der Waals surface area contributed by atoms with E-state index in [-0.39, 0.29) is 17.4 Å². The van der Waals surface area contributed by atoms with Crippen LogP contribution < -0.4 is 10.2 Å². The van der Waals surface area contributed by atoms with Crippen LogP contribution in [0.25, 0.3) is 0 Å². The maximum Gasteiger partial charge on any atom is 0.221 e. The number of nitrogens with one attached hydrogen (secondary N) is 1. The number of amides is 1. The molecule has 0 heterocycles. The number of nitrogens with zero attached hydrogens (tertiary/aromatic N) is 2. The summed E-state index contributed by atoms with van der Waals surface area (Å²) >= 11 is 6.29. The Hall–Kier alpha value is -2.40. The molecule has 0 saturated carbocycles. The third kappa shape index (κ3) is 3.74. The molecule has 0 fully saturated rings. The Bertz CT molecular complexity index is 804. The van der Waals surface area contributed by atoms with E-state index < -0.39 is 0 Å². The van der Waals surface area contributed by atoms with E-state index in [1.165, 1.54) is 13.0 Å². The number of carbonyl (C=O) groups is 2. The van der Waals surface area contributed by atoms with E-state index in [1.54, 1.807) is 13.0 Å². The first kappa shape index (κ1) is 17.9. The molecule has 1 amide bonds. The van der Waals surface area contributed by atoms with Crippen molar-refractivity contribution in [2.24, 2.45) is 4.99 Å². The van der Waals surface area contributed by atoms with Crippen LogP contribution in [0.15, 0.2) is 46.1 Å². The van der Waals surface area contributed by atoms with Gasteiger partial charge in [-0.1, -0.05) is 11.6 Å². The molecule has 0 unspecified atom stereocenters. The molecule has 126 valence electrons. The summed E-state index contributed by atoms with van der Waals surface area (Å²) in [5.74, 6) is -0.511. The number of anilines is 1. The Morgan fingerprint density at radius 2 is 1.92 bits per heavy atom. The zero-order chi connectivity index (χ0) is 18.0. The fourth-order valence-electron chi connectivity index (χ4n) is 2.50. The van der Waals surface area contributed by atoms with Gasteiger partial charge >= 0.3 is 0 Å². The molecular weight excluding hydrogens is 326 g/mol. The van der Waals surface area contributed by atoms with Crippen LogP contribution >= 0.6 is 11.6 Å². The average molecular weight is 346 g/mol. The second kappa shape index (κ2) is 7.01. The zero-order valence-electron chi connectivity index (χ0n) is 14.4. The number of hydrogen-bond acceptors (Lipinski definition) is 4. The van der Waals surface area contributed by atoms with Gasteiger partial charge in [0.05, 0.1) is 27.8 Å². The molecule has 1 aliphatic rings. The van der Waals surface area contributed by atoms with Crippen LogP contribution in [0.5, 0.6) is 0 Å². The van der Waals surface area contributed by atoms with Crippen molar-refractivity contribution in [1.29, 1.82) is 0 Å². The summed E-state index contributed by atoms with van der Waals surface area (Å²) in [7, 11) is 3.83. The summed E-state index contributed by atoms with van der Waals surface area (Å²) in [6, 6.07) is 5.53. The molecule has 1 aliphatic carbocycles. The van der Waals surface area contributed by atoms with Gasteiger partial charge in [0.15, 0.2) is 0 Å². The first-order chi connectivity index (χ1) is 11.2. The molecule has 1 N–H and O–H groups in total. The number of allylic oxidation sites excluding steroid dienone is 3. The van der Waals surface area contributed by atoms with E-state index in [2.05, 4.69) is 10.3 Å². The third-order valence-electron chi connectivity index (χ3n) is 3.65. The molecule has 1 aromatic rings. The summed E-state index contributed by atoms with van der Waals surface area (Å²) < 4.78 is 0. The minimum absolute atomic E-state index is 0.222. The zero-order valence-corrected chi connectivity index (χ0v) is 15.2. The number of halogens is 1.